The average Bonchev–Trinajstić information content (AvgIpc) is 2.43. The number of ether oxygens (including phenoxy) is 1. The highest BCUT2D eigenvalue weighted by Crippen LogP contribution is 2.61. The highest BCUT2D eigenvalue weighted by atomic mass is 16.5. The number of carbonyl (C=O) groups excluding carboxylic acids is 2. The summed E-state index contributed by atoms with van der Waals surface area (Å²) in [5.41, 5.74) is 1.16. The lowest BCUT2D eigenvalue weighted by atomic mass is 9.48. The Balaban J connectivity index is 1.53. The van der Waals surface area contributed by atoms with Gasteiger partial charge in [0.05, 0.1) is 0 Å². The summed E-state index contributed by atoms with van der Waals surface area (Å²) < 4.78 is 5.01. The predicted octanol–water partition coefficient (Wildman–Crippen LogP) is 3.22. The van der Waals surface area contributed by atoms with Gasteiger partial charge in [0.15, 0.2) is 6.61 Å². The number of nitrogens with one attached hydrogen (secondary N) is 1. The van der Waals surface area contributed by atoms with Gasteiger partial charge in [0, 0.05) is 12.1 Å². The molecule has 0 aromatic rings. The molecule has 4 bridgehead atoms. The molecule has 0 aliphatic heterocycles. The van der Waals surface area contributed by atoms with Crippen molar-refractivity contribution in [3.05, 3.63) is 11.6 Å². The molecule has 1 N–H and O–H groups in total. The van der Waals surface area contributed by atoms with E-state index in [1.165, 1.54) is 44.6 Å². The molecule has 128 valence electrons. The lowest BCUT2D eigenvalue weighted by molar-refractivity contribution is -0.145. The smallest absolute Gasteiger partial charge is 0.331 e. The first-order valence-electron chi connectivity index (χ1n) is 8.97. The van der Waals surface area contributed by atoms with Gasteiger partial charge in [-0.2, -0.15) is 0 Å². The fourth-order valence-corrected chi connectivity index (χ4v) is 5.56. The van der Waals surface area contributed by atoms with E-state index in [2.05, 4.69) is 12.2 Å². The Bertz CT molecular complexity index is 483. The zero-order chi connectivity index (χ0) is 16.6. The Morgan fingerprint density at radius 2 is 1.65 bits per heavy atom. The van der Waals surface area contributed by atoms with Gasteiger partial charge in [-0.05, 0) is 82.5 Å². The van der Waals surface area contributed by atoms with Crippen molar-refractivity contribution in [2.24, 2.45) is 23.2 Å². The highest BCUT2D eigenvalue weighted by Gasteiger charge is 2.53. The van der Waals surface area contributed by atoms with E-state index in [1.54, 1.807) is 0 Å². The quantitative estimate of drug-likeness (QED) is 0.625. The largest absolute Gasteiger partial charge is 0.452 e. The molecule has 0 unspecified atom stereocenters. The molecular weight excluding hydrogens is 290 g/mol. The Kier molecular flexibility index (Phi) is 4.52. The number of allylic oxidation sites excluding steroid dienone is 1. The molecule has 0 spiro atoms. The molecule has 0 radical (unpaired) electrons. The number of amides is 1. The third-order valence-corrected chi connectivity index (χ3v) is 6.13. The zero-order valence-electron chi connectivity index (χ0n) is 14.6. The van der Waals surface area contributed by atoms with Crippen LogP contribution < -0.4 is 5.32 Å². The second-order valence-corrected chi connectivity index (χ2v) is 8.40. The van der Waals surface area contributed by atoms with Crippen LogP contribution in [-0.4, -0.2) is 24.5 Å². The Labute approximate surface area is 139 Å². The van der Waals surface area contributed by atoms with Gasteiger partial charge in [-0.1, -0.05) is 5.57 Å². The molecule has 4 rings (SSSR count). The topological polar surface area (TPSA) is 55.4 Å². The summed E-state index contributed by atoms with van der Waals surface area (Å²) in [6.07, 6.45) is 9.41. The van der Waals surface area contributed by atoms with Crippen LogP contribution in [0.4, 0.5) is 0 Å². The molecule has 4 saturated carbocycles. The van der Waals surface area contributed by atoms with E-state index >= 15 is 0 Å². The first kappa shape index (κ1) is 16.5. The van der Waals surface area contributed by atoms with Crippen molar-refractivity contribution in [1.29, 1.82) is 0 Å². The maximum Gasteiger partial charge on any atom is 0.331 e. The van der Waals surface area contributed by atoms with Gasteiger partial charge in [0.1, 0.15) is 0 Å². The SMILES string of the molecule is CC(C)=CC(=O)OCC(=O)N[C@@H](C)C12CC3CC(CC(C3)C1)C2. The average molecular weight is 319 g/mol. The molecule has 23 heavy (non-hydrogen) atoms. The number of carbonyl (C=O) groups is 2. The summed E-state index contributed by atoms with van der Waals surface area (Å²) in [7, 11) is 0. The lowest BCUT2D eigenvalue weighted by Crippen LogP contribution is -2.56. The zero-order valence-corrected chi connectivity index (χ0v) is 14.6. The van der Waals surface area contributed by atoms with Crippen LogP contribution in [0.25, 0.3) is 0 Å². The number of rotatable bonds is 5. The van der Waals surface area contributed by atoms with E-state index in [0.717, 1.165) is 23.3 Å². The van der Waals surface area contributed by atoms with E-state index in [4.69, 9.17) is 4.74 Å². The van der Waals surface area contributed by atoms with Gasteiger partial charge in [0.25, 0.3) is 5.91 Å². The summed E-state index contributed by atoms with van der Waals surface area (Å²) in [6.45, 7) is 5.62. The van der Waals surface area contributed by atoms with Crippen molar-refractivity contribution in [3.63, 3.8) is 0 Å². The second kappa shape index (κ2) is 6.29. The third kappa shape index (κ3) is 3.61. The number of esters is 1. The van der Waals surface area contributed by atoms with Crippen LogP contribution in [0, 0.1) is 23.2 Å². The van der Waals surface area contributed by atoms with Crippen molar-refractivity contribution in [2.75, 3.05) is 6.61 Å². The summed E-state index contributed by atoms with van der Waals surface area (Å²) in [6, 6.07) is 0.172. The molecule has 4 nitrogen and oxygen atoms in total. The van der Waals surface area contributed by atoms with E-state index in [9.17, 15) is 9.59 Å². The highest BCUT2D eigenvalue weighted by molar-refractivity contribution is 5.86. The minimum Gasteiger partial charge on any atom is -0.452 e. The van der Waals surface area contributed by atoms with E-state index in [1.807, 2.05) is 13.8 Å². The fraction of sp³-hybridized carbons (Fsp3) is 0.789. The van der Waals surface area contributed by atoms with Gasteiger partial charge >= 0.3 is 5.97 Å². The maximum absolute atomic E-state index is 12.1. The minimum absolute atomic E-state index is 0.172. The van der Waals surface area contributed by atoms with E-state index in [-0.39, 0.29) is 24.0 Å². The molecule has 0 aromatic heterocycles. The summed E-state index contributed by atoms with van der Waals surface area (Å²) in [5.74, 6) is 2.00. The van der Waals surface area contributed by atoms with Crippen LogP contribution >= 0.6 is 0 Å². The van der Waals surface area contributed by atoms with Crippen molar-refractivity contribution >= 4 is 11.9 Å². The summed E-state index contributed by atoms with van der Waals surface area (Å²) in [5, 5.41) is 3.11. The fourth-order valence-electron chi connectivity index (χ4n) is 5.56. The van der Waals surface area contributed by atoms with Crippen LogP contribution in [0.3, 0.4) is 0 Å². The van der Waals surface area contributed by atoms with Gasteiger partial charge in [0.2, 0.25) is 0 Å². The van der Waals surface area contributed by atoms with Crippen LogP contribution in [0.15, 0.2) is 11.6 Å². The van der Waals surface area contributed by atoms with Gasteiger partial charge in [-0.3, -0.25) is 4.79 Å². The van der Waals surface area contributed by atoms with Crippen molar-refractivity contribution in [2.45, 2.75) is 65.3 Å². The second-order valence-electron chi connectivity index (χ2n) is 8.40. The number of hydrogen-bond donors (Lipinski definition) is 1. The van der Waals surface area contributed by atoms with Crippen LogP contribution in [0.5, 0.6) is 0 Å². The van der Waals surface area contributed by atoms with Crippen LogP contribution in [-0.2, 0) is 14.3 Å². The van der Waals surface area contributed by atoms with Crippen LogP contribution in [0.1, 0.15) is 59.3 Å². The minimum atomic E-state index is -0.442. The predicted molar refractivity (Wildman–Crippen MR) is 88.6 cm³/mol. The van der Waals surface area contributed by atoms with Crippen molar-refractivity contribution < 1.29 is 14.3 Å². The van der Waals surface area contributed by atoms with Crippen LogP contribution in [0.2, 0.25) is 0 Å². The van der Waals surface area contributed by atoms with Crippen molar-refractivity contribution in [3.8, 4) is 0 Å². The van der Waals surface area contributed by atoms with Crippen molar-refractivity contribution in [1.82, 2.24) is 5.32 Å². The first-order chi connectivity index (χ1) is 10.9. The Morgan fingerprint density at radius 1 is 1.13 bits per heavy atom. The molecule has 0 saturated heterocycles. The lowest BCUT2D eigenvalue weighted by Gasteiger charge is -2.59. The van der Waals surface area contributed by atoms with E-state index in [0.29, 0.717) is 0 Å². The third-order valence-electron chi connectivity index (χ3n) is 6.13. The molecule has 0 heterocycles. The van der Waals surface area contributed by atoms with Gasteiger partial charge in [-0.25, -0.2) is 4.79 Å². The molecule has 1 amide bonds. The van der Waals surface area contributed by atoms with Gasteiger partial charge in [-0.15, -0.1) is 0 Å². The maximum atomic E-state index is 12.1. The molecule has 0 aromatic carbocycles. The summed E-state index contributed by atoms with van der Waals surface area (Å²) >= 11 is 0. The molecule has 4 heteroatoms. The van der Waals surface area contributed by atoms with E-state index < -0.39 is 5.97 Å². The standard InChI is InChI=1S/C19H29NO3/c1-12(2)4-18(22)23-11-17(21)20-13(3)19-8-14-5-15(9-19)7-16(6-14)10-19/h4,13-16H,5-11H2,1-3H3,(H,20,21)/t13-,14?,15?,16?,19?/m0/s1. The molecule has 4 fully saturated rings. The molecular formula is C19H29NO3. The number of hydrogen-bond acceptors (Lipinski definition) is 3. The molecule has 4 aliphatic carbocycles. The Hall–Kier alpha value is -1.32. The van der Waals surface area contributed by atoms with Gasteiger partial charge < -0.3 is 10.1 Å². The Morgan fingerprint density at radius 3 is 2.13 bits per heavy atom. The first-order valence-corrected chi connectivity index (χ1v) is 8.97. The molecule has 1 atom stereocenters. The molecule has 4 aliphatic rings. The monoisotopic (exact) mass is 319 g/mol. The normalized spacial score (nSPS) is 35.5. The summed E-state index contributed by atoms with van der Waals surface area (Å²) in [4.78, 5) is 23.6.